The van der Waals surface area contributed by atoms with Crippen LogP contribution in [0.4, 0.5) is 5.82 Å². The van der Waals surface area contributed by atoms with Crippen molar-refractivity contribution >= 4 is 52.1 Å². The third kappa shape index (κ3) is 6.49. The highest BCUT2D eigenvalue weighted by Crippen LogP contribution is 2.37. The lowest BCUT2D eigenvalue weighted by Crippen LogP contribution is -2.41. The maximum Gasteiger partial charge on any atom is 0.309 e. The number of amides is 1. The summed E-state index contributed by atoms with van der Waals surface area (Å²) in [5.41, 5.74) is 1.01. The third-order valence-corrected chi connectivity index (χ3v) is 8.47. The minimum atomic E-state index is -0.324. The van der Waals surface area contributed by atoms with Crippen LogP contribution in [0.2, 0.25) is 0 Å². The molecule has 3 rings (SSSR count). The molecule has 0 atom stereocenters. The third-order valence-electron chi connectivity index (χ3n) is 7.09. The molecule has 1 aromatic rings. The molecule has 206 valence electrons. The van der Waals surface area contributed by atoms with Crippen LogP contribution in [0.5, 0.6) is 0 Å². The molecule has 2 aliphatic rings. The molecular weight excluding hydrogens is 520 g/mol. The van der Waals surface area contributed by atoms with Crippen molar-refractivity contribution in [1.82, 2.24) is 9.47 Å². The molecule has 0 radical (unpaired) electrons. The van der Waals surface area contributed by atoms with Gasteiger partial charge in [-0.3, -0.25) is 23.9 Å². The van der Waals surface area contributed by atoms with Crippen LogP contribution in [0, 0.1) is 24.2 Å². The van der Waals surface area contributed by atoms with Crippen LogP contribution < -0.4 is 10.5 Å². The van der Waals surface area contributed by atoms with Crippen molar-refractivity contribution in [3.05, 3.63) is 31.9 Å². The Morgan fingerprint density at radius 3 is 2.45 bits per heavy atom. The minimum absolute atomic E-state index is 0.0879. The molecule has 0 unspecified atom stereocenters. The predicted molar refractivity (Wildman–Crippen MR) is 156 cm³/mol. The van der Waals surface area contributed by atoms with E-state index in [-0.39, 0.29) is 28.9 Å². The van der Waals surface area contributed by atoms with Crippen LogP contribution in [0.1, 0.15) is 82.4 Å². The molecule has 0 aromatic carbocycles. The maximum atomic E-state index is 13.4. The van der Waals surface area contributed by atoms with Gasteiger partial charge in [0.2, 0.25) is 0 Å². The second kappa shape index (κ2) is 13.9. The monoisotopic (exact) mass is 558 g/mol. The standard InChI is InChI=1S/C28H38N4O4S2/c1-5-8-9-10-14-32-26(34)23(38-28(32)37)17-21-19(4)22(18-29)25(33)31(13-6-2)24(21)30-15-11-20(12-16-30)27(35)36-7-3/h17,20H,5-16H2,1-4H3. The quantitative estimate of drug-likeness (QED) is 0.162. The maximum absolute atomic E-state index is 13.4. The van der Waals surface area contributed by atoms with Gasteiger partial charge >= 0.3 is 5.97 Å². The van der Waals surface area contributed by atoms with Crippen LogP contribution in [-0.4, -0.2) is 51.9 Å². The van der Waals surface area contributed by atoms with Gasteiger partial charge in [-0.15, -0.1) is 0 Å². The number of ether oxygens (including phenoxy) is 1. The first-order valence-corrected chi connectivity index (χ1v) is 14.9. The van der Waals surface area contributed by atoms with Crippen LogP contribution in [-0.2, 0) is 20.9 Å². The Bertz CT molecular complexity index is 1190. The van der Waals surface area contributed by atoms with E-state index in [4.69, 9.17) is 17.0 Å². The van der Waals surface area contributed by atoms with Crippen molar-refractivity contribution in [3.8, 4) is 6.07 Å². The largest absolute Gasteiger partial charge is 0.466 e. The molecule has 0 aliphatic carbocycles. The van der Waals surface area contributed by atoms with Gasteiger partial charge in [0, 0.05) is 31.7 Å². The molecule has 0 spiro atoms. The van der Waals surface area contributed by atoms with E-state index in [1.807, 2.05) is 6.92 Å². The Hall–Kier alpha value is -2.64. The average Bonchev–Trinajstić information content (AvgIpc) is 3.17. The van der Waals surface area contributed by atoms with Gasteiger partial charge in [-0.2, -0.15) is 5.26 Å². The van der Waals surface area contributed by atoms with Crippen LogP contribution >= 0.6 is 24.0 Å². The van der Waals surface area contributed by atoms with Crippen molar-refractivity contribution in [3.63, 3.8) is 0 Å². The highest BCUT2D eigenvalue weighted by Gasteiger charge is 2.34. The number of thioether (sulfide) groups is 1. The molecule has 38 heavy (non-hydrogen) atoms. The second-order valence-electron chi connectivity index (χ2n) is 9.71. The van der Waals surface area contributed by atoms with Crippen molar-refractivity contribution in [1.29, 1.82) is 5.26 Å². The highest BCUT2D eigenvalue weighted by atomic mass is 32.2. The Labute approximate surface area is 235 Å². The fourth-order valence-electron chi connectivity index (χ4n) is 5.02. The number of anilines is 1. The van der Waals surface area contributed by atoms with Crippen molar-refractivity contribution in [2.75, 3.05) is 31.1 Å². The van der Waals surface area contributed by atoms with E-state index in [1.165, 1.54) is 11.8 Å². The SMILES string of the molecule is CCCCCCN1C(=O)C(=Cc2c(C)c(C#N)c(=O)n(CCC)c2N2CCC(C(=O)OCC)CC2)SC1=S. The summed E-state index contributed by atoms with van der Waals surface area (Å²) in [5, 5.41) is 9.85. The van der Waals surface area contributed by atoms with E-state index in [0.29, 0.717) is 78.2 Å². The number of nitriles is 1. The number of thiocarbonyl (C=S) groups is 1. The lowest BCUT2D eigenvalue weighted by atomic mass is 9.95. The van der Waals surface area contributed by atoms with Crippen molar-refractivity contribution < 1.29 is 14.3 Å². The number of hydrogen-bond donors (Lipinski definition) is 0. The molecule has 10 heteroatoms. The molecule has 0 bridgehead atoms. The van der Waals surface area contributed by atoms with Gasteiger partial charge in [-0.25, -0.2) is 0 Å². The number of pyridine rings is 1. The number of aromatic nitrogens is 1. The van der Waals surface area contributed by atoms with E-state index in [2.05, 4.69) is 17.9 Å². The summed E-state index contributed by atoms with van der Waals surface area (Å²) < 4.78 is 7.42. The number of nitrogens with zero attached hydrogens (tertiary/aromatic N) is 4. The van der Waals surface area contributed by atoms with Gasteiger partial charge in [0.15, 0.2) is 0 Å². The number of carbonyl (C=O) groups excluding carboxylic acids is 2. The Morgan fingerprint density at radius 1 is 1.13 bits per heavy atom. The summed E-state index contributed by atoms with van der Waals surface area (Å²) in [6.45, 7) is 10.2. The van der Waals surface area contributed by atoms with Gasteiger partial charge in [0.25, 0.3) is 11.5 Å². The number of esters is 1. The summed E-state index contributed by atoms with van der Waals surface area (Å²) in [5.74, 6) is 0.208. The zero-order chi connectivity index (χ0) is 27.8. The number of rotatable bonds is 11. The molecule has 0 N–H and O–H groups in total. The first-order chi connectivity index (χ1) is 18.3. The molecular formula is C28H38N4O4S2. The number of hydrogen-bond acceptors (Lipinski definition) is 8. The van der Waals surface area contributed by atoms with E-state index >= 15 is 0 Å². The van der Waals surface area contributed by atoms with Crippen LogP contribution in [0.15, 0.2) is 9.70 Å². The average molecular weight is 559 g/mol. The second-order valence-corrected chi connectivity index (χ2v) is 11.4. The summed E-state index contributed by atoms with van der Waals surface area (Å²) in [4.78, 5) is 43.3. The fraction of sp³-hybridized carbons (Fsp3) is 0.607. The molecule has 3 heterocycles. The lowest BCUT2D eigenvalue weighted by molar-refractivity contribution is -0.148. The molecule has 0 saturated carbocycles. The Balaban J connectivity index is 2.03. The molecule has 1 aromatic heterocycles. The highest BCUT2D eigenvalue weighted by molar-refractivity contribution is 8.26. The lowest BCUT2D eigenvalue weighted by Gasteiger charge is -2.35. The van der Waals surface area contributed by atoms with E-state index in [9.17, 15) is 19.6 Å². The van der Waals surface area contributed by atoms with Gasteiger partial charge < -0.3 is 9.64 Å². The molecule has 2 fully saturated rings. The first-order valence-electron chi connectivity index (χ1n) is 13.6. The molecule has 1 amide bonds. The summed E-state index contributed by atoms with van der Waals surface area (Å²) >= 11 is 6.81. The summed E-state index contributed by atoms with van der Waals surface area (Å²) in [7, 11) is 0. The van der Waals surface area contributed by atoms with Gasteiger partial charge in [-0.05, 0) is 51.2 Å². The molecule has 8 nitrogen and oxygen atoms in total. The van der Waals surface area contributed by atoms with E-state index < -0.39 is 0 Å². The molecule has 2 saturated heterocycles. The summed E-state index contributed by atoms with van der Waals surface area (Å²) in [6, 6.07) is 2.09. The fourth-order valence-corrected chi connectivity index (χ4v) is 6.31. The van der Waals surface area contributed by atoms with Gasteiger partial charge in [0.05, 0.1) is 17.4 Å². The predicted octanol–water partition coefficient (Wildman–Crippen LogP) is 5.00. The van der Waals surface area contributed by atoms with Crippen molar-refractivity contribution in [2.45, 2.75) is 79.2 Å². The Morgan fingerprint density at radius 2 is 1.84 bits per heavy atom. The zero-order valence-corrected chi connectivity index (χ0v) is 24.5. The van der Waals surface area contributed by atoms with Crippen LogP contribution in [0.25, 0.3) is 6.08 Å². The van der Waals surface area contributed by atoms with Crippen LogP contribution in [0.3, 0.4) is 0 Å². The van der Waals surface area contributed by atoms with E-state index in [0.717, 1.165) is 25.7 Å². The zero-order valence-electron chi connectivity index (χ0n) is 22.9. The Kier molecular flexibility index (Phi) is 11.0. The topological polar surface area (TPSA) is 95.6 Å². The smallest absolute Gasteiger partial charge is 0.309 e. The normalized spacial score (nSPS) is 17.4. The summed E-state index contributed by atoms with van der Waals surface area (Å²) in [6.07, 6.45) is 7.91. The molecule has 2 aliphatic heterocycles. The number of piperidine rings is 1. The minimum Gasteiger partial charge on any atom is -0.466 e. The van der Waals surface area contributed by atoms with Gasteiger partial charge in [-0.1, -0.05) is 57.1 Å². The first kappa shape index (κ1) is 29.9. The van der Waals surface area contributed by atoms with E-state index in [1.54, 1.807) is 29.4 Å². The number of carbonyl (C=O) groups is 2. The van der Waals surface area contributed by atoms with Crippen molar-refractivity contribution in [2.24, 2.45) is 5.92 Å². The van der Waals surface area contributed by atoms with Gasteiger partial charge in [0.1, 0.15) is 21.8 Å². The number of unbranched alkanes of at least 4 members (excludes halogenated alkanes) is 3.